The lowest BCUT2D eigenvalue weighted by atomic mass is 10.1. The molecule has 1 atom stereocenters. The molecule has 0 saturated heterocycles. The van der Waals surface area contributed by atoms with Gasteiger partial charge in [-0.25, -0.2) is 0 Å². The fourth-order valence-corrected chi connectivity index (χ4v) is 3.68. The molecule has 2 aromatic carbocycles. The van der Waals surface area contributed by atoms with Gasteiger partial charge < -0.3 is 5.32 Å². The van der Waals surface area contributed by atoms with Gasteiger partial charge in [0.25, 0.3) is 5.91 Å². The van der Waals surface area contributed by atoms with Crippen LogP contribution in [0.4, 0.5) is 5.69 Å². The van der Waals surface area contributed by atoms with E-state index in [-0.39, 0.29) is 11.9 Å². The molecule has 1 heterocycles. The Balaban J connectivity index is 1.98. The molecule has 0 spiro atoms. The summed E-state index contributed by atoms with van der Waals surface area (Å²) in [4.78, 5) is 19.2. The Labute approximate surface area is 151 Å². The van der Waals surface area contributed by atoms with E-state index in [1.807, 2.05) is 50.2 Å². The van der Waals surface area contributed by atoms with Crippen LogP contribution >= 0.6 is 23.4 Å². The number of carbonyl (C=O) groups excluding carboxylic acids is 1. The fraction of sp³-hybridized carbons (Fsp3) is 0.263. The Morgan fingerprint density at radius 1 is 1.25 bits per heavy atom. The minimum absolute atomic E-state index is 0.0604. The summed E-state index contributed by atoms with van der Waals surface area (Å²) >= 11 is 7.77. The van der Waals surface area contributed by atoms with Crippen molar-refractivity contribution in [1.29, 1.82) is 0 Å². The van der Waals surface area contributed by atoms with Gasteiger partial charge in [-0.3, -0.25) is 9.79 Å². The first-order valence-electron chi connectivity index (χ1n) is 7.96. The highest BCUT2D eigenvalue weighted by Crippen LogP contribution is 2.41. The summed E-state index contributed by atoms with van der Waals surface area (Å²) in [5.41, 5.74) is 3.39. The Morgan fingerprint density at radius 2 is 2.00 bits per heavy atom. The van der Waals surface area contributed by atoms with Crippen molar-refractivity contribution in [2.24, 2.45) is 4.99 Å². The third-order valence-electron chi connectivity index (χ3n) is 4.05. The van der Waals surface area contributed by atoms with Gasteiger partial charge in [0.05, 0.1) is 5.69 Å². The van der Waals surface area contributed by atoms with E-state index >= 15 is 0 Å². The average molecular weight is 359 g/mol. The molecule has 1 N–H and O–H groups in total. The standard InChI is InChI=1S/C19H19ClN2OS/c1-4-11(2)21-19(23)13-5-7-18-16(9-13)22-12(3)15-10-14(20)6-8-17(15)24-18/h5-11H,4H2,1-3H3,(H,21,23)/t11-/m0/s1. The lowest BCUT2D eigenvalue weighted by Gasteiger charge is -2.12. The molecule has 0 unspecified atom stereocenters. The van der Waals surface area contributed by atoms with Crippen LogP contribution < -0.4 is 5.32 Å². The molecule has 124 valence electrons. The number of hydrogen-bond acceptors (Lipinski definition) is 3. The van der Waals surface area contributed by atoms with Crippen molar-refractivity contribution in [2.45, 2.75) is 43.0 Å². The monoisotopic (exact) mass is 358 g/mol. The molecule has 2 aromatic rings. The van der Waals surface area contributed by atoms with Crippen molar-refractivity contribution < 1.29 is 4.79 Å². The Kier molecular flexibility index (Phi) is 4.97. The highest BCUT2D eigenvalue weighted by Gasteiger charge is 2.17. The number of nitrogens with zero attached hydrogens (tertiary/aromatic N) is 1. The van der Waals surface area contributed by atoms with Gasteiger partial charge >= 0.3 is 0 Å². The summed E-state index contributed by atoms with van der Waals surface area (Å²) in [6, 6.07) is 11.7. The number of aliphatic imine (C=N–C) groups is 1. The van der Waals surface area contributed by atoms with E-state index in [1.165, 1.54) is 0 Å². The minimum Gasteiger partial charge on any atom is -0.350 e. The van der Waals surface area contributed by atoms with Crippen LogP contribution in [-0.4, -0.2) is 17.7 Å². The van der Waals surface area contributed by atoms with Gasteiger partial charge in [-0.15, -0.1) is 0 Å². The second-order valence-corrected chi connectivity index (χ2v) is 7.43. The smallest absolute Gasteiger partial charge is 0.251 e. The Hall–Kier alpha value is -1.78. The average Bonchev–Trinajstić information content (AvgIpc) is 2.70. The number of amides is 1. The maximum atomic E-state index is 12.3. The van der Waals surface area contributed by atoms with Crippen LogP contribution in [0.3, 0.4) is 0 Å². The minimum atomic E-state index is -0.0604. The normalized spacial score (nSPS) is 14.1. The lowest BCUT2D eigenvalue weighted by molar-refractivity contribution is 0.0939. The van der Waals surface area contributed by atoms with Crippen LogP contribution in [0.5, 0.6) is 0 Å². The molecule has 0 aliphatic carbocycles. The molecule has 1 amide bonds. The molecular weight excluding hydrogens is 340 g/mol. The van der Waals surface area contributed by atoms with Gasteiger partial charge in [-0.1, -0.05) is 30.3 Å². The van der Waals surface area contributed by atoms with E-state index in [1.54, 1.807) is 11.8 Å². The van der Waals surface area contributed by atoms with Gasteiger partial charge in [0.1, 0.15) is 0 Å². The first-order chi connectivity index (χ1) is 11.5. The first kappa shape index (κ1) is 17.1. The Bertz CT molecular complexity index is 832. The molecule has 5 heteroatoms. The molecule has 1 aliphatic rings. The zero-order valence-corrected chi connectivity index (χ0v) is 15.5. The molecule has 0 bridgehead atoms. The fourth-order valence-electron chi connectivity index (χ4n) is 2.47. The highest BCUT2D eigenvalue weighted by atomic mass is 35.5. The molecule has 0 radical (unpaired) electrons. The number of rotatable bonds is 3. The number of halogens is 1. The van der Waals surface area contributed by atoms with Crippen LogP contribution in [0.1, 0.15) is 43.1 Å². The maximum Gasteiger partial charge on any atom is 0.251 e. The van der Waals surface area contributed by atoms with E-state index in [0.717, 1.165) is 33.2 Å². The molecule has 1 aliphatic heterocycles. The molecule has 3 rings (SSSR count). The number of hydrogen-bond donors (Lipinski definition) is 1. The SMILES string of the molecule is CC[C@H](C)NC(=O)c1ccc2c(c1)N=C(C)c1cc(Cl)ccc1S2. The molecule has 3 nitrogen and oxygen atoms in total. The van der Waals surface area contributed by atoms with E-state index in [9.17, 15) is 4.79 Å². The number of benzene rings is 2. The summed E-state index contributed by atoms with van der Waals surface area (Å²) in [5.74, 6) is -0.0604. The van der Waals surface area contributed by atoms with Crippen molar-refractivity contribution in [3.63, 3.8) is 0 Å². The van der Waals surface area contributed by atoms with Gasteiger partial charge in [0.15, 0.2) is 0 Å². The van der Waals surface area contributed by atoms with Crippen LogP contribution in [-0.2, 0) is 0 Å². The number of nitrogens with one attached hydrogen (secondary N) is 1. The van der Waals surface area contributed by atoms with Crippen molar-refractivity contribution in [3.8, 4) is 0 Å². The molecular formula is C19H19ClN2OS. The second kappa shape index (κ2) is 6.99. The maximum absolute atomic E-state index is 12.3. The third-order valence-corrected chi connectivity index (χ3v) is 5.43. The topological polar surface area (TPSA) is 41.5 Å². The Morgan fingerprint density at radius 3 is 2.75 bits per heavy atom. The number of carbonyl (C=O) groups is 1. The van der Waals surface area contributed by atoms with Crippen LogP contribution in [0.25, 0.3) is 0 Å². The van der Waals surface area contributed by atoms with Gasteiger partial charge in [0.2, 0.25) is 0 Å². The van der Waals surface area contributed by atoms with E-state index in [0.29, 0.717) is 10.6 Å². The summed E-state index contributed by atoms with van der Waals surface area (Å²) in [7, 11) is 0. The van der Waals surface area contributed by atoms with Crippen molar-refractivity contribution in [2.75, 3.05) is 0 Å². The third kappa shape index (κ3) is 3.50. The van der Waals surface area contributed by atoms with Crippen LogP contribution in [0, 0.1) is 0 Å². The molecule has 0 saturated carbocycles. The number of fused-ring (bicyclic) bond motifs is 2. The summed E-state index contributed by atoms with van der Waals surface area (Å²) in [6.45, 7) is 6.02. The zero-order valence-electron chi connectivity index (χ0n) is 13.9. The van der Waals surface area contributed by atoms with Crippen LogP contribution in [0.15, 0.2) is 51.2 Å². The van der Waals surface area contributed by atoms with E-state index in [4.69, 9.17) is 16.6 Å². The molecule has 24 heavy (non-hydrogen) atoms. The quantitative estimate of drug-likeness (QED) is 0.789. The summed E-state index contributed by atoms with van der Waals surface area (Å²) in [5, 5.41) is 3.69. The van der Waals surface area contributed by atoms with Crippen molar-refractivity contribution in [1.82, 2.24) is 5.32 Å². The first-order valence-corrected chi connectivity index (χ1v) is 9.15. The van der Waals surface area contributed by atoms with E-state index in [2.05, 4.69) is 12.2 Å². The predicted octanol–water partition coefficient (Wildman–Crippen LogP) is 5.47. The lowest BCUT2D eigenvalue weighted by Crippen LogP contribution is -2.31. The summed E-state index contributed by atoms with van der Waals surface area (Å²) < 4.78 is 0. The highest BCUT2D eigenvalue weighted by molar-refractivity contribution is 7.99. The predicted molar refractivity (Wildman–Crippen MR) is 101 cm³/mol. The molecule has 0 fully saturated rings. The second-order valence-electron chi connectivity index (χ2n) is 5.91. The van der Waals surface area contributed by atoms with Crippen molar-refractivity contribution in [3.05, 3.63) is 52.5 Å². The molecule has 0 aromatic heterocycles. The van der Waals surface area contributed by atoms with Crippen LogP contribution in [0.2, 0.25) is 5.02 Å². The van der Waals surface area contributed by atoms with E-state index < -0.39 is 0 Å². The van der Waals surface area contributed by atoms with Gasteiger partial charge in [-0.2, -0.15) is 0 Å². The zero-order chi connectivity index (χ0) is 17.3. The largest absolute Gasteiger partial charge is 0.350 e. The van der Waals surface area contributed by atoms with Gasteiger partial charge in [-0.05, 0) is 56.7 Å². The summed E-state index contributed by atoms with van der Waals surface area (Å²) in [6.07, 6.45) is 0.903. The van der Waals surface area contributed by atoms with Gasteiger partial charge in [0, 0.05) is 37.7 Å². The van der Waals surface area contributed by atoms with Crippen molar-refractivity contribution >= 4 is 40.7 Å².